The highest BCUT2D eigenvalue weighted by Gasteiger charge is 2.15. The van der Waals surface area contributed by atoms with E-state index >= 15 is 0 Å². The molecule has 0 aliphatic heterocycles. The van der Waals surface area contributed by atoms with Gasteiger partial charge in [0.1, 0.15) is 5.75 Å². The number of carbonyl (C=O) groups excluding carboxylic acids is 1. The Morgan fingerprint density at radius 1 is 1.19 bits per heavy atom. The molecule has 0 aliphatic carbocycles. The lowest BCUT2D eigenvalue weighted by Crippen LogP contribution is -2.45. The van der Waals surface area contributed by atoms with Gasteiger partial charge in [0.05, 0.1) is 20.2 Å². The van der Waals surface area contributed by atoms with Crippen LogP contribution in [0.3, 0.4) is 0 Å². The fourth-order valence-corrected chi connectivity index (χ4v) is 2.62. The van der Waals surface area contributed by atoms with Gasteiger partial charge in [-0.1, -0.05) is 6.07 Å². The quantitative estimate of drug-likeness (QED) is 0.356. The van der Waals surface area contributed by atoms with Crippen LogP contribution in [0, 0.1) is 6.92 Å². The number of benzene rings is 1. The molecule has 0 bridgehead atoms. The van der Waals surface area contributed by atoms with Gasteiger partial charge in [-0.15, -0.1) is 24.0 Å². The number of nitrogens with zero attached hydrogens (tertiary/aromatic N) is 3. The molecule has 1 amide bonds. The third-order valence-electron chi connectivity index (χ3n) is 3.94. The van der Waals surface area contributed by atoms with E-state index < -0.39 is 0 Å². The molecule has 1 aromatic rings. The molecule has 148 valence electrons. The normalized spacial score (nSPS) is 10.8. The first-order valence-electron chi connectivity index (χ1n) is 8.86. The summed E-state index contributed by atoms with van der Waals surface area (Å²) in [6.45, 7) is 11.1. The molecule has 0 atom stereocenters. The lowest BCUT2D eigenvalue weighted by atomic mass is 10.1. The molecule has 1 N–H and O–H groups in total. The van der Waals surface area contributed by atoms with Crippen molar-refractivity contribution in [3.05, 3.63) is 29.3 Å². The Labute approximate surface area is 175 Å². The molecule has 6 nitrogen and oxygen atoms in total. The van der Waals surface area contributed by atoms with Crippen LogP contribution in [-0.4, -0.2) is 62.0 Å². The minimum absolute atomic E-state index is 0. The van der Waals surface area contributed by atoms with Gasteiger partial charge < -0.3 is 19.9 Å². The Hall–Kier alpha value is -1.51. The average molecular weight is 476 g/mol. The number of methoxy groups -OCH3 is 1. The van der Waals surface area contributed by atoms with Gasteiger partial charge >= 0.3 is 0 Å². The standard InChI is InChI=1S/C19H32N4O2.HI/c1-7-20-19(22(5)14-18(24)23(8-2)9-3)21-13-16-10-15(4)11-17(12-16)25-6;/h10-12H,7-9,13-14H2,1-6H3,(H,20,21);1H. The highest BCUT2D eigenvalue weighted by atomic mass is 127. The van der Waals surface area contributed by atoms with Crippen LogP contribution in [0.2, 0.25) is 0 Å². The molecule has 1 aromatic carbocycles. The Bertz CT molecular complexity index is 589. The molecule has 0 saturated heterocycles. The molecule has 0 saturated carbocycles. The van der Waals surface area contributed by atoms with Crippen molar-refractivity contribution >= 4 is 35.8 Å². The highest BCUT2D eigenvalue weighted by Crippen LogP contribution is 2.17. The maximum atomic E-state index is 12.3. The number of amides is 1. The van der Waals surface area contributed by atoms with Crippen LogP contribution in [0.25, 0.3) is 0 Å². The summed E-state index contributed by atoms with van der Waals surface area (Å²) >= 11 is 0. The monoisotopic (exact) mass is 476 g/mol. The van der Waals surface area contributed by atoms with Crippen LogP contribution in [0.5, 0.6) is 5.75 Å². The summed E-state index contributed by atoms with van der Waals surface area (Å²) in [6.07, 6.45) is 0. The second-order valence-electron chi connectivity index (χ2n) is 5.95. The van der Waals surface area contributed by atoms with Gasteiger partial charge in [0.15, 0.2) is 5.96 Å². The number of hydrogen-bond donors (Lipinski definition) is 1. The molecule has 0 unspecified atom stereocenters. The zero-order valence-corrected chi connectivity index (χ0v) is 19.2. The van der Waals surface area contributed by atoms with Gasteiger partial charge in [0.25, 0.3) is 0 Å². The molecule has 0 heterocycles. The first kappa shape index (κ1) is 24.5. The molecule has 0 aliphatic rings. The number of guanidine groups is 1. The molecule has 0 radical (unpaired) electrons. The number of likely N-dealkylation sites (N-methyl/N-ethyl adjacent to an activating group) is 2. The fourth-order valence-electron chi connectivity index (χ4n) is 2.62. The number of rotatable bonds is 8. The summed E-state index contributed by atoms with van der Waals surface area (Å²) in [6, 6.07) is 6.07. The number of carbonyl (C=O) groups is 1. The van der Waals surface area contributed by atoms with Crippen molar-refractivity contribution in [3.63, 3.8) is 0 Å². The summed E-state index contributed by atoms with van der Waals surface area (Å²) < 4.78 is 5.32. The smallest absolute Gasteiger partial charge is 0.242 e. The molecular weight excluding hydrogens is 443 g/mol. The Morgan fingerprint density at radius 3 is 2.38 bits per heavy atom. The van der Waals surface area contributed by atoms with Crippen molar-refractivity contribution in [2.24, 2.45) is 4.99 Å². The first-order chi connectivity index (χ1) is 11.9. The first-order valence-corrected chi connectivity index (χ1v) is 8.86. The Kier molecular flexibility index (Phi) is 12.0. The number of aryl methyl sites for hydroxylation is 1. The van der Waals surface area contributed by atoms with Crippen LogP contribution >= 0.6 is 24.0 Å². The van der Waals surface area contributed by atoms with Crippen molar-refractivity contribution in [3.8, 4) is 5.75 Å². The van der Waals surface area contributed by atoms with Crippen LogP contribution in [0.1, 0.15) is 31.9 Å². The Morgan fingerprint density at radius 2 is 1.85 bits per heavy atom. The molecule has 7 heteroatoms. The van der Waals surface area contributed by atoms with E-state index in [-0.39, 0.29) is 29.9 Å². The van der Waals surface area contributed by atoms with Gasteiger partial charge in [-0.05, 0) is 51.0 Å². The highest BCUT2D eigenvalue weighted by molar-refractivity contribution is 14.0. The number of aliphatic imine (C=N–C) groups is 1. The molecule has 26 heavy (non-hydrogen) atoms. The summed E-state index contributed by atoms with van der Waals surface area (Å²) in [5.74, 6) is 1.67. The van der Waals surface area contributed by atoms with Gasteiger partial charge in [0, 0.05) is 26.7 Å². The lowest BCUT2D eigenvalue weighted by Gasteiger charge is -2.25. The molecule has 1 rings (SSSR count). The fraction of sp³-hybridized carbons (Fsp3) is 0.579. The zero-order chi connectivity index (χ0) is 18.8. The maximum absolute atomic E-state index is 12.3. The SMILES string of the molecule is CCNC(=NCc1cc(C)cc(OC)c1)N(C)CC(=O)N(CC)CC.I. The number of halogens is 1. The Balaban J connectivity index is 0.00000625. The number of nitrogens with one attached hydrogen (secondary N) is 1. The summed E-state index contributed by atoms with van der Waals surface area (Å²) in [5.41, 5.74) is 2.22. The molecular formula is C19H33IN4O2. The van der Waals surface area contributed by atoms with Gasteiger partial charge in [-0.25, -0.2) is 4.99 Å². The third-order valence-corrected chi connectivity index (χ3v) is 3.94. The molecule has 0 spiro atoms. The largest absolute Gasteiger partial charge is 0.497 e. The molecule has 0 fully saturated rings. The van der Waals surface area contributed by atoms with Crippen LogP contribution < -0.4 is 10.1 Å². The van der Waals surface area contributed by atoms with Crippen molar-refractivity contribution in [1.29, 1.82) is 0 Å². The van der Waals surface area contributed by atoms with Gasteiger partial charge in [-0.3, -0.25) is 4.79 Å². The van der Waals surface area contributed by atoms with Crippen molar-refractivity contribution < 1.29 is 9.53 Å². The van der Waals surface area contributed by atoms with Crippen LogP contribution in [0.15, 0.2) is 23.2 Å². The van der Waals surface area contributed by atoms with Gasteiger partial charge in [0.2, 0.25) is 5.91 Å². The van der Waals surface area contributed by atoms with Gasteiger partial charge in [-0.2, -0.15) is 0 Å². The van der Waals surface area contributed by atoms with E-state index in [4.69, 9.17) is 4.74 Å². The van der Waals surface area contributed by atoms with E-state index in [1.807, 2.05) is 56.7 Å². The topological polar surface area (TPSA) is 57.2 Å². The van der Waals surface area contributed by atoms with Crippen molar-refractivity contribution in [1.82, 2.24) is 15.1 Å². The lowest BCUT2D eigenvalue weighted by molar-refractivity contribution is -0.131. The number of ether oxygens (including phenoxy) is 1. The maximum Gasteiger partial charge on any atom is 0.242 e. The van der Waals surface area contributed by atoms with E-state index in [9.17, 15) is 4.79 Å². The predicted molar refractivity (Wildman–Crippen MR) is 119 cm³/mol. The summed E-state index contributed by atoms with van der Waals surface area (Å²) in [5, 5.41) is 3.25. The van der Waals surface area contributed by atoms with Crippen LogP contribution in [-0.2, 0) is 11.3 Å². The van der Waals surface area contributed by atoms with E-state index in [1.54, 1.807) is 7.11 Å². The van der Waals surface area contributed by atoms with Crippen molar-refractivity contribution in [2.75, 3.05) is 40.3 Å². The van der Waals surface area contributed by atoms with E-state index in [1.165, 1.54) is 0 Å². The summed E-state index contributed by atoms with van der Waals surface area (Å²) in [7, 11) is 3.55. The van der Waals surface area contributed by atoms with E-state index in [0.29, 0.717) is 13.1 Å². The number of hydrogen-bond acceptors (Lipinski definition) is 3. The predicted octanol–water partition coefficient (Wildman–Crippen LogP) is 2.89. The average Bonchev–Trinajstić information content (AvgIpc) is 2.58. The van der Waals surface area contributed by atoms with E-state index in [0.717, 1.165) is 42.5 Å². The second-order valence-corrected chi connectivity index (χ2v) is 5.95. The van der Waals surface area contributed by atoms with E-state index in [2.05, 4.69) is 16.4 Å². The third kappa shape index (κ3) is 7.80. The van der Waals surface area contributed by atoms with Crippen molar-refractivity contribution in [2.45, 2.75) is 34.2 Å². The van der Waals surface area contributed by atoms with Crippen LogP contribution in [0.4, 0.5) is 0 Å². The summed E-state index contributed by atoms with van der Waals surface area (Å²) in [4.78, 5) is 20.7. The second kappa shape index (κ2) is 12.8. The molecule has 0 aromatic heterocycles. The minimum atomic E-state index is 0. The minimum Gasteiger partial charge on any atom is -0.497 e. The zero-order valence-electron chi connectivity index (χ0n) is 16.8.